The highest BCUT2D eigenvalue weighted by Gasteiger charge is 2.37. The van der Waals surface area contributed by atoms with Gasteiger partial charge in [0, 0.05) is 12.6 Å². The molecule has 1 unspecified atom stereocenters. The van der Waals surface area contributed by atoms with Crippen LogP contribution >= 0.6 is 0 Å². The molecule has 1 aliphatic rings. The topological polar surface area (TPSA) is 81.5 Å². The molecule has 0 aliphatic carbocycles. The number of benzene rings is 3. The highest BCUT2D eigenvalue weighted by molar-refractivity contribution is 7.89. The number of ether oxygens (including phenoxy) is 1. The van der Waals surface area contributed by atoms with Gasteiger partial charge in [-0.25, -0.2) is 13.4 Å². The SMILES string of the molecule is Cc1ccc(-n2c(C(C)N(C)S(=O)(=O)c3c(C)c(C)c4c(c3C)OC(C)(C)CC4)nc3ccccc3c2=O)c(C)c1. The molecule has 7 nitrogen and oxygen atoms in total. The molecule has 0 amide bonds. The molecule has 1 aromatic heterocycles. The number of para-hydroxylation sites is 1. The van der Waals surface area contributed by atoms with Gasteiger partial charge in [-0.05, 0) is 109 Å². The first kappa shape index (κ1) is 29.0. The number of hydrogen-bond donors (Lipinski definition) is 0. The Morgan fingerprint density at radius 3 is 2.37 bits per heavy atom. The lowest BCUT2D eigenvalue weighted by atomic mass is 9.88. The van der Waals surface area contributed by atoms with Gasteiger partial charge in [0.15, 0.2) is 0 Å². The van der Waals surface area contributed by atoms with Crippen molar-refractivity contribution in [2.45, 2.75) is 84.8 Å². The molecular formula is C33H39N3O4S. The van der Waals surface area contributed by atoms with Crippen molar-refractivity contribution in [3.8, 4) is 11.4 Å². The summed E-state index contributed by atoms with van der Waals surface area (Å²) < 4.78 is 38.2. The summed E-state index contributed by atoms with van der Waals surface area (Å²) in [6.45, 7) is 15.5. The van der Waals surface area contributed by atoms with Gasteiger partial charge in [0.1, 0.15) is 17.2 Å². The van der Waals surface area contributed by atoms with E-state index in [2.05, 4.69) is 0 Å². The van der Waals surface area contributed by atoms with Gasteiger partial charge >= 0.3 is 0 Å². The summed E-state index contributed by atoms with van der Waals surface area (Å²) in [6.07, 6.45) is 1.71. The average Bonchev–Trinajstić information content (AvgIpc) is 2.91. The zero-order chi connectivity index (χ0) is 30.0. The first-order valence-electron chi connectivity index (χ1n) is 14.0. The average molecular weight is 574 g/mol. The predicted octanol–water partition coefficient (Wildman–Crippen LogP) is 6.41. The van der Waals surface area contributed by atoms with Crippen LogP contribution in [-0.2, 0) is 16.4 Å². The Morgan fingerprint density at radius 1 is 1.00 bits per heavy atom. The van der Waals surface area contributed by atoms with Crippen LogP contribution in [0.3, 0.4) is 0 Å². The predicted molar refractivity (Wildman–Crippen MR) is 164 cm³/mol. The van der Waals surface area contributed by atoms with Crippen molar-refractivity contribution in [3.05, 3.63) is 92.0 Å². The van der Waals surface area contributed by atoms with Crippen LogP contribution in [0.25, 0.3) is 16.6 Å². The van der Waals surface area contributed by atoms with Crippen molar-refractivity contribution in [1.29, 1.82) is 0 Å². The summed E-state index contributed by atoms with van der Waals surface area (Å²) in [4.78, 5) is 19.1. The van der Waals surface area contributed by atoms with E-state index in [0.29, 0.717) is 33.7 Å². The largest absolute Gasteiger partial charge is 0.487 e. The Morgan fingerprint density at radius 2 is 1.68 bits per heavy atom. The maximum Gasteiger partial charge on any atom is 0.266 e. The maximum atomic E-state index is 14.5. The van der Waals surface area contributed by atoms with Crippen LogP contribution in [0, 0.1) is 34.6 Å². The number of aromatic nitrogens is 2. The molecule has 2 heterocycles. The molecule has 0 saturated heterocycles. The number of fused-ring (bicyclic) bond motifs is 2. The van der Waals surface area contributed by atoms with Crippen molar-refractivity contribution in [3.63, 3.8) is 0 Å². The normalized spacial score (nSPS) is 15.6. The molecule has 4 aromatic rings. The quantitative estimate of drug-likeness (QED) is 0.276. The minimum atomic E-state index is -4.02. The van der Waals surface area contributed by atoms with Gasteiger partial charge in [-0.3, -0.25) is 9.36 Å². The van der Waals surface area contributed by atoms with E-state index >= 15 is 0 Å². The van der Waals surface area contributed by atoms with Gasteiger partial charge in [0.2, 0.25) is 10.0 Å². The molecule has 8 heteroatoms. The Bertz CT molecular complexity index is 1870. The van der Waals surface area contributed by atoms with Gasteiger partial charge in [-0.2, -0.15) is 4.31 Å². The highest BCUT2D eigenvalue weighted by Crippen LogP contribution is 2.43. The van der Waals surface area contributed by atoms with Crippen molar-refractivity contribution in [1.82, 2.24) is 13.9 Å². The molecule has 0 radical (unpaired) electrons. The van der Waals surface area contributed by atoms with Crippen molar-refractivity contribution < 1.29 is 13.2 Å². The molecule has 1 aliphatic heterocycles. The molecule has 216 valence electrons. The molecule has 3 aromatic carbocycles. The van der Waals surface area contributed by atoms with Gasteiger partial charge in [-0.15, -0.1) is 0 Å². The molecule has 0 spiro atoms. The summed E-state index contributed by atoms with van der Waals surface area (Å²) in [5, 5.41) is 0.477. The Balaban J connectivity index is 1.71. The molecule has 1 atom stereocenters. The van der Waals surface area contributed by atoms with Crippen LogP contribution in [0.1, 0.15) is 72.4 Å². The molecule has 5 rings (SSSR count). The minimum absolute atomic E-state index is 0.234. The lowest BCUT2D eigenvalue weighted by Crippen LogP contribution is -2.37. The van der Waals surface area contributed by atoms with E-state index in [4.69, 9.17) is 9.72 Å². The van der Waals surface area contributed by atoms with Crippen molar-refractivity contribution in [2.24, 2.45) is 0 Å². The van der Waals surface area contributed by atoms with E-state index in [1.54, 1.807) is 30.7 Å². The molecule has 0 saturated carbocycles. The third-order valence-corrected chi connectivity index (χ3v) is 10.8. The van der Waals surface area contributed by atoms with Crippen LogP contribution < -0.4 is 10.3 Å². The van der Waals surface area contributed by atoms with E-state index in [9.17, 15) is 13.2 Å². The number of rotatable bonds is 5. The summed E-state index contributed by atoms with van der Waals surface area (Å²) in [6, 6.07) is 12.3. The second-order valence-electron chi connectivity index (χ2n) is 12.0. The fourth-order valence-electron chi connectivity index (χ4n) is 5.99. The monoisotopic (exact) mass is 573 g/mol. The Kier molecular flexibility index (Phi) is 7.15. The summed E-state index contributed by atoms with van der Waals surface area (Å²) in [5.41, 5.74) is 5.93. The van der Waals surface area contributed by atoms with Crippen LogP contribution in [-0.4, -0.2) is 34.9 Å². The van der Waals surface area contributed by atoms with Crippen LogP contribution in [0.4, 0.5) is 0 Å². The zero-order valence-electron chi connectivity index (χ0n) is 25.4. The number of sulfonamides is 1. The lowest BCUT2D eigenvalue weighted by Gasteiger charge is -2.36. The fraction of sp³-hybridized carbons (Fsp3) is 0.394. The maximum absolute atomic E-state index is 14.5. The minimum Gasteiger partial charge on any atom is -0.487 e. The molecule has 41 heavy (non-hydrogen) atoms. The molecule has 0 bridgehead atoms. The zero-order valence-corrected chi connectivity index (χ0v) is 26.2. The second-order valence-corrected chi connectivity index (χ2v) is 13.9. The van der Waals surface area contributed by atoms with Crippen molar-refractivity contribution in [2.75, 3.05) is 7.05 Å². The Hall–Kier alpha value is -3.49. The third-order valence-electron chi connectivity index (χ3n) is 8.62. The highest BCUT2D eigenvalue weighted by atomic mass is 32.2. The number of aryl methyl sites for hydroxylation is 2. The first-order valence-corrected chi connectivity index (χ1v) is 15.5. The van der Waals surface area contributed by atoms with E-state index in [0.717, 1.165) is 40.7 Å². The van der Waals surface area contributed by atoms with Crippen LogP contribution in [0.15, 0.2) is 52.2 Å². The summed E-state index contributed by atoms with van der Waals surface area (Å²) in [5.74, 6) is 1.02. The smallest absolute Gasteiger partial charge is 0.266 e. The van der Waals surface area contributed by atoms with Crippen molar-refractivity contribution >= 4 is 20.9 Å². The summed E-state index contributed by atoms with van der Waals surface area (Å²) >= 11 is 0. The molecule has 0 N–H and O–H groups in total. The van der Waals surface area contributed by atoms with Gasteiger partial charge < -0.3 is 4.74 Å². The van der Waals surface area contributed by atoms with Gasteiger partial charge in [-0.1, -0.05) is 29.8 Å². The Labute approximate surface area is 242 Å². The second kappa shape index (κ2) is 10.1. The fourth-order valence-corrected chi connectivity index (χ4v) is 7.81. The molecule has 0 fully saturated rings. The van der Waals surface area contributed by atoms with Gasteiger partial charge in [0.05, 0.1) is 27.5 Å². The summed E-state index contributed by atoms with van der Waals surface area (Å²) in [7, 11) is -2.46. The van der Waals surface area contributed by atoms with E-state index in [1.807, 2.05) is 78.8 Å². The van der Waals surface area contributed by atoms with E-state index in [1.165, 1.54) is 4.31 Å². The van der Waals surface area contributed by atoms with Crippen LogP contribution in [0.5, 0.6) is 5.75 Å². The number of nitrogens with zero attached hydrogens (tertiary/aromatic N) is 3. The molecular weight excluding hydrogens is 534 g/mol. The first-order chi connectivity index (χ1) is 19.2. The number of hydrogen-bond acceptors (Lipinski definition) is 5. The van der Waals surface area contributed by atoms with E-state index < -0.39 is 16.1 Å². The van der Waals surface area contributed by atoms with E-state index in [-0.39, 0.29) is 16.1 Å². The van der Waals surface area contributed by atoms with Crippen LogP contribution in [0.2, 0.25) is 0 Å². The third kappa shape index (κ3) is 4.77. The lowest BCUT2D eigenvalue weighted by molar-refractivity contribution is 0.0829. The van der Waals surface area contributed by atoms with Gasteiger partial charge in [0.25, 0.3) is 5.56 Å². The standard InChI is InChI=1S/C33H39N3O4S/c1-19-14-15-28(20(2)18-19)36-31(34-27-13-11-10-12-26(27)32(36)37)24(6)35(9)41(38,39)30-22(4)21(3)25-16-17-33(7,8)40-29(25)23(30)5/h10-15,18,24H,16-17H2,1-9H3.